The van der Waals surface area contributed by atoms with E-state index in [-0.39, 0.29) is 28.5 Å². The van der Waals surface area contributed by atoms with Crippen LogP contribution in [0.3, 0.4) is 0 Å². The fraction of sp³-hybridized carbons (Fsp3) is 0.316. The molecule has 2 amide bonds. The second-order valence-corrected chi connectivity index (χ2v) is 6.85. The molecule has 1 fully saturated rings. The molecule has 9 heteroatoms. The summed E-state index contributed by atoms with van der Waals surface area (Å²) in [7, 11) is 1.39. The van der Waals surface area contributed by atoms with Crippen LogP contribution >= 0.6 is 11.6 Å². The van der Waals surface area contributed by atoms with Crippen LogP contribution < -0.4 is 15.8 Å². The van der Waals surface area contributed by atoms with Crippen molar-refractivity contribution >= 4 is 29.1 Å². The number of hydrogen-bond donors (Lipinski definition) is 2. The Kier molecular flexibility index (Phi) is 5.81. The van der Waals surface area contributed by atoms with Crippen LogP contribution in [0.4, 0.5) is 10.1 Å². The number of halogens is 2. The highest BCUT2D eigenvalue weighted by Crippen LogP contribution is 2.43. The Morgan fingerprint density at radius 3 is 2.82 bits per heavy atom. The van der Waals surface area contributed by atoms with Crippen molar-refractivity contribution < 1.29 is 23.5 Å². The summed E-state index contributed by atoms with van der Waals surface area (Å²) in [6, 6.07) is 5.69. The molecular formula is C19H19ClFN3O4. The van der Waals surface area contributed by atoms with Crippen molar-refractivity contribution in [2.45, 2.75) is 31.5 Å². The highest BCUT2D eigenvalue weighted by atomic mass is 35.5. The van der Waals surface area contributed by atoms with Gasteiger partial charge in [0.25, 0.3) is 11.8 Å². The predicted octanol–water partition coefficient (Wildman–Crippen LogP) is 2.88. The fourth-order valence-electron chi connectivity index (χ4n) is 3.32. The molecule has 1 aromatic carbocycles. The van der Waals surface area contributed by atoms with E-state index in [2.05, 4.69) is 10.3 Å². The van der Waals surface area contributed by atoms with E-state index < -0.39 is 23.7 Å². The van der Waals surface area contributed by atoms with E-state index in [4.69, 9.17) is 26.8 Å². The second-order valence-electron chi connectivity index (χ2n) is 6.48. The van der Waals surface area contributed by atoms with Gasteiger partial charge in [0.05, 0.1) is 13.2 Å². The molecule has 0 radical (unpaired) electrons. The first-order valence-corrected chi connectivity index (χ1v) is 8.93. The number of nitrogens with one attached hydrogen (secondary N) is 1. The number of benzene rings is 1. The molecule has 0 bridgehead atoms. The van der Waals surface area contributed by atoms with E-state index in [1.165, 1.54) is 31.5 Å². The summed E-state index contributed by atoms with van der Waals surface area (Å²) in [4.78, 5) is 28.0. The Balaban J connectivity index is 1.88. The molecular weight excluding hydrogens is 389 g/mol. The third-order valence-corrected chi connectivity index (χ3v) is 4.90. The number of amides is 2. The van der Waals surface area contributed by atoms with E-state index in [1.54, 1.807) is 6.07 Å². The summed E-state index contributed by atoms with van der Waals surface area (Å²) >= 11 is 6.03. The minimum Gasteiger partial charge on any atom is -0.495 e. The van der Waals surface area contributed by atoms with Crippen molar-refractivity contribution in [1.29, 1.82) is 0 Å². The fourth-order valence-corrected chi connectivity index (χ4v) is 3.57. The van der Waals surface area contributed by atoms with Crippen LogP contribution in [0.2, 0.25) is 5.02 Å². The number of nitrogens with zero attached hydrogens (tertiary/aromatic N) is 1. The zero-order valence-electron chi connectivity index (χ0n) is 15.2. The van der Waals surface area contributed by atoms with E-state index in [0.717, 1.165) is 0 Å². The van der Waals surface area contributed by atoms with Gasteiger partial charge in [0, 0.05) is 23.4 Å². The summed E-state index contributed by atoms with van der Waals surface area (Å²) < 4.78 is 24.9. The van der Waals surface area contributed by atoms with Gasteiger partial charge in [-0.05, 0) is 31.5 Å². The van der Waals surface area contributed by atoms with Gasteiger partial charge in [-0.2, -0.15) is 0 Å². The minimum atomic E-state index is -0.851. The first-order valence-electron chi connectivity index (χ1n) is 8.56. The highest BCUT2D eigenvalue weighted by molar-refractivity contribution is 6.32. The number of ether oxygens (including phenoxy) is 2. The second kappa shape index (κ2) is 8.12. The number of carbonyl (C=O) groups is 2. The van der Waals surface area contributed by atoms with Crippen LogP contribution in [0.5, 0.6) is 5.75 Å². The van der Waals surface area contributed by atoms with E-state index in [1.807, 2.05) is 6.92 Å². The summed E-state index contributed by atoms with van der Waals surface area (Å²) in [5, 5.41) is 2.56. The molecule has 0 unspecified atom stereocenters. The molecule has 3 rings (SSSR count). The van der Waals surface area contributed by atoms with Gasteiger partial charge in [-0.1, -0.05) is 17.7 Å². The number of primary amides is 1. The maximum Gasteiger partial charge on any atom is 0.267 e. The molecule has 7 nitrogen and oxygen atoms in total. The molecule has 0 spiro atoms. The largest absolute Gasteiger partial charge is 0.495 e. The lowest BCUT2D eigenvalue weighted by Gasteiger charge is -2.21. The Morgan fingerprint density at radius 2 is 2.14 bits per heavy atom. The summed E-state index contributed by atoms with van der Waals surface area (Å²) in [5.74, 6) is -1.93. The number of carbonyl (C=O) groups excluding carboxylic acids is 2. The van der Waals surface area contributed by atoms with Crippen molar-refractivity contribution in [2.75, 3.05) is 12.4 Å². The lowest BCUT2D eigenvalue weighted by molar-refractivity contribution is -0.126. The molecule has 0 saturated carbocycles. The van der Waals surface area contributed by atoms with E-state index >= 15 is 0 Å². The van der Waals surface area contributed by atoms with Crippen LogP contribution in [0.1, 0.15) is 35.3 Å². The molecule has 1 aromatic heterocycles. The first kappa shape index (κ1) is 20.0. The normalized spacial score (nSPS) is 21.4. The van der Waals surface area contributed by atoms with Crippen molar-refractivity contribution in [1.82, 2.24) is 4.98 Å². The van der Waals surface area contributed by atoms with Crippen LogP contribution in [0.25, 0.3) is 0 Å². The number of nitrogens with two attached hydrogens (primary N) is 1. The molecule has 0 aliphatic carbocycles. The Labute approximate surface area is 166 Å². The molecule has 1 aliphatic rings. The average molecular weight is 408 g/mol. The molecule has 1 saturated heterocycles. The Bertz CT molecular complexity index is 924. The molecule has 2 heterocycles. The molecule has 1 aliphatic heterocycles. The number of methoxy groups -OCH3 is 1. The number of anilines is 1. The monoisotopic (exact) mass is 407 g/mol. The third-order valence-electron chi connectivity index (χ3n) is 4.55. The Hall–Kier alpha value is -2.71. The standard InChI is InChI=1S/C19H19ClFN3O4/c1-9-7-12(11-3-4-13(21)15(20)16(11)27-2)17(28-9)19(26)24-10-5-6-23-14(8-10)18(22)25/h3-6,8-9,12,17H,7H2,1-2H3,(H2,22,25)(H,23,24,26)/t9-,12-,17+/m1/s1. The van der Waals surface area contributed by atoms with E-state index in [9.17, 15) is 14.0 Å². The maximum absolute atomic E-state index is 13.8. The number of pyridine rings is 1. The van der Waals surface area contributed by atoms with Gasteiger partial charge in [-0.25, -0.2) is 4.39 Å². The molecule has 148 valence electrons. The molecule has 3 atom stereocenters. The summed E-state index contributed by atoms with van der Waals surface area (Å²) in [5.41, 5.74) is 6.19. The van der Waals surface area contributed by atoms with Gasteiger partial charge in [0.2, 0.25) is 0 Å². The van der Waals surface area contributed by atoms with Gasteiger partial charge >= 0.3 is 0 Å². The zero-order valence-corrected chi connectivity index (χ0v) is 16.0. The van der Waals surface area contributed by atoms with Gasteiger partial charge < -0.3 is 20.5 Å². The number of hydrogen-bond acceptors (Lipinski definition) is 5. The first-order chi connectivity index (χ1) is 13.3. The number of aromatic nitrogens is 1. The van der Waals surface area contributed by atoms with E-state index in [0.29, 0.717) is 17.7 Å². The summed E-state index contributed by atoms with van der Waals surface area (Å²) in [6.45, 7) is 1.84. The molecule has 2 aromatic rings. The van der Waals surface area contributed by atoms with Crippen molar-refractivity contribution in [3.05, 3.63) is 52.6 Å². The zero-order chi connectivity index (χ0) is 20.4. The lowest BCUT2D eigenvalue weighted by Crippen LogP contribution is -2.32. The topological polar surface area (TPSA) is 104 Å². The lowest BCUT2D eigenvalue weighted by atomic mass is 9.90. The molecule has 28 heavy (non-hydrogen) atoms. The predicted molar refractivity (Wildman–Crippen MR) is 101 cm³/mol. The quantitative estimate of drug-likeness (QED) is 0.793. The SMILES string of the molecule is COc1c([C@H]2C[C@@H](C)O[C@@H]2C(=O)Nc2ccnc(C(N)=O)c2)ccc(F)c1Cl. The summed E-state index contributed by atoms with van der Waals surface area (Å²) in [6.07, 6.45) is 0.844. The Morgan fingerprint density at radius 1 is 1.39 bits per heavy atom. The van der Waals surface area contributed by atoms with Gasteiger partial charge in [0.15, 0.2) is 0 Å². The highest BCUT2D eigenvalue weighted by Gasteiger charge is 2.41. The van der Waals surface area contributed by atoms with Crippen LogP contribution in [0.15, 0.2) is 30.5 Å². The average Bonchev–Trinajstić information content (AvgIpc) is 3.05. The number of rotatable bonds is 5. The van der Waals surface area contributed by atoms with Gasteiger partial charge in [-0.15, -0.1) is 0 Å². The maximum atomic E-state index is 13.8. The van der Waals surface area contributed by atoms with Crippen LogP contribution in [0, 0.1) is 5.82 Å². The smallest absolute Gasteiger partial charge is 0.267 e. The van der Waals surface area contributed by atoms with Crippen molar-refractivity contribution in [3.63, 3.8) is 0 Å². The van der Waals surface area contributed by atoms with Crippen LogP contribution in [-0.4, -0.2) is 36.1 Å². The minimum absolute atomic E-state index is 0.0297. The third kappa shape index (κ3) is 3.93. The van der Waals surface area contributed by atoms with Gasteiger partial charge in [-0.3, -0.25) is 14.6 Å². The van der Waals surface area contributed by atoms with Crippen molar-refractivity contribution in [3.8, 4) is 5.75 Å². The van der Waals surface area contributed by atoms with Gasteiger partial charge in [0.1, 0.15) is 28.4 Å². The van der Waals surface area contributed by atoms with Crippen LogP contribution in [-0.2, 0) is 9.53 Å². The van der Waals surface area contributed by atoms with Crippen molar-refractivity contribution in [2.24, 2.45) is 5.73 Å². The molecule has 3 N–H and O–H groups in total.